The fourth-order valence-corrected chi connectivity index (χ4v) is 2.30. The number of carbonyl (C=O) groups is 1. The van der Waals surface area contributed by atoms with E-state index in [1.165, 1.54) is 0 Å². The summed E-state index contributed by atoms with van der Waals surface area (Å²) in [5, 5.41) is 3.00. The van der Waals surface area contributed by atoms with Crippen molar-refractivity contribution in [1.82, 2.24) is 5.32 Å². The number of halogens is 1. The van der Waals surface area contributed by atoms with E-state index >= 15 is 0 Å². The fraction of sp³-hybridized carbons (Fsp3) is 0.500. The first-order chi connectivity index (χ1) is 8.45. The van der Waals surface area contributed by atoms with Crippen molar-refractivity contribution in [3.05, 3.63) is 28.2 Å². The molecule has 18 heavy (non-hydrogen) atoms. The van der Waals surface area contributed by atoms with Crippen LogP contribution in [0.5, 0.6) is 0 Å². The predicted molar refractivity (Wildman–Crippen MR) is 79.6 cm³/mol. The van der Waals surface area contributed by atoms with Crippen LogP contribution in [0.2, 0.25) is 0 Å². The van der Waals surface area contributed by atoms with E-state index in [0.29, 0.717) is 21.6 Å². The van der Waals surface area contributed by atoms with Crippen LogP contribution in [0.25, 0.3) is 0 Å². The molecule has 0 bridgehead atoms. The topological polar surface area (TPSA) is 55.1 Å². The van der Waals surface area contributed by atoms with E-state index in [2.05, 4.69) is 35.1 Å². The summed E-state index contributed by atoms with van der Waals surface area (Å²) in [6.07, 6.45) is 2.12. The number of nitrogens with two attached hydrogens (primary N) is 1. The van der Waals surface area contributed by atoms with Gasteiger partial charge in [0, 0.05) is 11.7 Å². The van der Waals surface area contributed by atoms with Gasteiger partial charge in [0.2, 0.25) is 0 Å². The number of rotatable bonds is 5. The lowest BCUT2D eigenvalue weighted by Crippen LogP contribution is -2.34. The zero-order valence-electron chi connectivity index (χ0n) is 11.2. The number of benzene rings is 1. The Balaban J connectivity index is 2.68. The first kappa shape index (κ1) is 15.0. The van der Waals surface area contributed by atoms with E-state index in [4.69, 9.17) is 5.73 Å². The van der Waals surface area contributed by atoms with Crippen LogP contribution >= 0.6 is 15.9 Å². The van der Waals surface area contributed by atoms with Gasteiger partial charge in [-0.15, -0.1) is 0 Å². The van der Waals surface area contributed by atoms with Gasteiger partial charge >= 0.3 is 0 Å². The van der Waals surface area contributed by atoms with E-state index in [9.17, 15) is 4.79 Å². The van der Waals surface area contributed by atoms with Crippen LogP contribution in [0.4, 0.5) is 5.69 Å². The van der Waals surface area contributed by atoms with Crippen molar-refractivity contribution in [3.8, 4) is 0 Å². The molecule has 0 aliphatic rings. The second kappa shape index (κ2) is 6.78. The number of nitrogens with one attached hydrogen (secondary N) is 1. The fourth-order valence-electron chi connectivity index (χ4n) is 1.86. The highest BCUT2D eigenvalue weighted by atomic mass is 79.9. The minimum atomic E-state index is -0.0787. The van der Waals surface area contributed by atoms with Crippen LogP contribution in [-0.4, -0.2) is 11.9 Å². The molecule has 0 radical (unpaired) electrons. The zero-order chi connectivity index (χ0) is 13.7. The lowest BCUT2D eigenvalue weighted by atomic mass is 10.00. The number of hydrogen-bond acceptors (Lipinski definition) is 2. The predicted octanol–water partition coefficient (Wildman–Crippen LogP) is 3.59. The average molecular weight is 313 g/mol. The number of nitrogen functional groups attached to an aromatic ring is 1. The second-order valence-electron chi connectivity index (χ2n) is 4.83. The maximum absolute atomic E-state index is 12.1. The summed E-state index contributed by atoms with van der Waals surface area (Å²) in [5.74, 6) is 0.537. The molecule has 0 saturated heterocycles. The van der Waals surface area contributed by atoms with Gasteiger partial charge in [-0.2, -0.15) is 0 Å². The molecule has 3 nitrogen and oxygen atoms in total. The third-order valence-electron chi connectivity index (χ3n) is 3.10. The molecule has 2 unspecified atom stereocenters. The molecule has 0 heterocycles. The van der Waals surface area contributed by atoms with Gasteiger partial charge in [0.1, 0.15) is 0 Å². The van der Waals surface area contributed by atoms with Crippen LogP contribution in [0, 0.1) is 5.92 Å². The Bertz CT molecular complexity index is 420. The zero-order valence-corrected chi connectivity index (χ0v) is 12.8. The Morgan fingerprint density at radius 1 is 1.44 bits per heavy atom. The Kier molecular flexibility index (Phi) is 5.66. The standard InChI is InChI=1S/C14H21BrN2O/c1-4-9(2)8-10(3)17-14(18)11-6-5-7-12(16)13(11)15/h5-7,9-10H,4,8,16H2,1-3H3,(H,17,18). The summed E-state index contributed by atoms with van der Waals surface area (Å²) in [4.78, 5) is 12.1. The van der Waals surface area contributed by atoms with E-state index in [1.807, 2.05) is 6.92 Å². The highest BCUT2D eigenvalue weighted by Gasteiger charge is 2.15. The van der Waals surface area contributed by atoms with E-state index < -0.39 is 0 Å². The maximum atomic E-state index is 12.1. The number of hydrogen-bond donors (Lipinski definition) is 2. The molecule has 3 N–H and O–H groups in total. The summed E-state index contributed by atoms with van der Waals surface area (Å²) < 4.78 is 0.665. The second-order valence-corrected chi connectivity index (χ2v) is 5.63. The highest BCUT2D eigenvalue weighted by Crippen LogP contribution is 2.23. The van der Waals surface area contributed by atoms with Gasteiger partial charge in [-0.25, -0.2) is 0 Å². The van der Waals surface area contributed by atoms with Crippen LogP contribution in [0.3, 0.4) is 0 Å². The molecular formula is C14H21BrN2O. The smallest absolute Gasteiger partial charge is 0.252 e. The molecule has 1 aromatic carbocycles. The van der Waals surface area contributed by atoms with Gasteiger partial charge in [-0.05, 0) is 47.3 Å². The van der Waals surface area contributed by atoms with Gasteiger partial charge in [0.15, 0.2) is 0 Å². The molecule has 1 aromatic rings. The van der Waals surface area contributed by atoms with Crippen LogP contribution < -0.4 is 11.1 Å². The molecule has 0 aromatic heterocycles. The molecular weight excluding hydrogens is 292 g/mol. The van der Waals surface area contributed by atoms with Crippen molar-refractivity contribution in [2.24, 2.45) is 5.92 Å². The number of anilines is 1. The van der Waals surface area contributed by atoms with Gasteiger partial charge in [-0.1, -0.05) is 26.3 Å². The van der Waals surface area contributed by atoms with Crippen molar-refractivity contribution in [2.45, 2.75) is 39.7 Å². The van der Waals surface area contributed by atoms with Gasteiger partial charge < -0.3 is 11.1 Å². The van der Waals surface area contributed by atoms with Crippen molar-refractivity contribution in [1.29, 1.82) is 0 Å². The third-order valence-corrected chi connectivity index (χ3v) is 3.99. The van der Waals surface area contributed by atoms with Crippen molar-refractivity contribution in [2.75, 3.05) is 5.73 Å². The molecule has 0 saturated carbocycles. The minimum absolute atomic E-state index is 0.0787. The molecule has 4 heteroatoms. The van der Waals surface area contributed by atoms with Gasteiger partial charge in [0.25, 0.3) is 5.91 Å². The maximum Gasteiger partial charge on any atom is 0.252 e. The van der Waals surface area contributed by atoms with E-state index in [0.717, 1.165) is 12.8 Å². The summed E-state index contributed by atoms with van der Waals surface area (Å²) in [7, 11) is 0. The van der Waals surface area contributed by atoms with Gasteiger partial charge in [-0.3, -0.25) is 4.79 Å². The molecule has 100 valence electrons. The van der Waals surface area contributed by atoms with Crippen molar-refractivity contribution in [3.63, 3.8) is 0 Å². The van der Waals surface area contributed by atoms with Crippen LogP contribution in [0.1, 0.15) is 44.0 Å². The molecule has 2 atom stereocenters. The first-order valence-electron chi connectivity index (χ1n) is 6.30. The Hall–Kier alpha value is -1.03. The summed E-state index contributed by atoms with van der Waals surface area (Å²) in [6, 6.07) is 5.49. The Morgan fingerprint density at radius 2 is 2.11 bits per heavy atom. The molecule has 0 spiro atoms. The SMILES string of the molecule is CCC(C)CC(C)NC(=O)c1cccc(N)c1Br. The summed E-state index contributed by atoms with van der Waals surface area (Å²) in [6.45, 7) is 6.39. The first-order valence-corrected chi connectivity index (χ1v) is 7.09. The molecule has 0 fully saturated rings. The molecule has 0 aliphatic heterocycles. The Morgan fingerprint density at radius 3 is 2.72 bits per heavy atom. The van der Waals surface area contributed by atoms with Crippen molar-refractivity contribution < 1.29 is 4.79 Å². The van der Waals surface area contributed by atoms with Gasteiger partial charge in [0.05, 0.1) is 10.0 Å². The summed E-state index contributed by atoms with van der Waals surface area (Å²) in [5.41, 5.74) is 6.93. The number of carbonyl (C=O) groups excluding carboxylic acids is 1. The Labute approximate surface area is 117 Å². The largest absolute Gasteiger partial charge is 0.398 e. The minimum Gasteiger partial charge on any atom is -0.398 e. The normalized spacial score (nSPS) is 14.0. The third kappa shape index (κ3) is 4.02. The average Bonchev–Trinajstić information content (AvgIpc) is 2.32. The van der Waals surface area contributed by atoms with Crippen LogP contribution in [-0.2, 0) is 0 Å². The van der Waals surface area contributed by atoms with Crippen molar-refractivity contribution >= 4 is 27.5 Å². The lowest BCUT2D eigenvalue weighted by molar-refractivity contribution is 0.0934. The quantitative estimate of drug-likeness (QED) is 0.816. The molecule has 1 amide bonds. The van der Waals surface area contributed by atoms with E-state index in [-0.39, 0.29) is 11.9 Å². The number of amides is 1. The monoisotopic (exact) mass is 312 g/mol. The molecule has 1 rings (SSSR count). The summed E-state index contributed by atoms with van der Waals surface area (Å²) >= 11 is 3.35. The lowest BCUT2D eigenvalue weighted by Gasteiger charge is -2.18. The highest BCUT2D eigenvalue weighted by molar-refractivity contribution is 9.10. The molecule has 0 aliphatic carbocycles. The van der Waals surface area contributed by atoms with Crippen LogP contribution in [0.15, 0.2) is 22.7 Å². The van der Waals surface area contributed by atoms with E-state index in [1.54, 1.807) is 18.2 Å².